The van der Waals surface area contributed by atoms with E-state index in [4.69, 9.17) is 4.65 Å². The Morgan fingerprint density at radius 1 is 1.43 bits per heavy atom. The topological polar surface area (TPSA) is 60.2 Å². The first-order valence-electron chi connectivity index (χ1n) is 8.29. The van der Waals surface area contributed by atoms with E-state index in [1.165, 1.54) is 40.5 Å². The second-order valence-corrected chi connectivity index (χ2v) is 8.16. The van der Waals surface area contributed by atoms with Gasteiger partial charge in [0.15, 0.2) is 0 Å². The number of aryl methyl sites for hydroxylation is 1. The predicted octanol–water partition coefficient (Wildman–Crippen LogP) is 4.00. The van der Waals surface area contributed by atoms with Crippen LogP contribution in [-0.2, 0) is 11.2 Å². The minimum Gasteiger partial charge on any atom is -0.423 e. The molecular weight excluding hydrogens is 458 g/mol. The monoisotopic (exact) mass is 473 g/mol. The van der Waals surface area contributed by atoms with E-state index in [2.05, 4.69) is 26.0 Å². The molecule has 0 bridgehead atoms. The fourth-order valence-corrected chi connectivity index (χ4v) is 4.30. The van der Waals surface area contributed by atoms with Gasteiger partial charge in [-0.05, 0) is 52.9 Å². The molecule has 0 spiro atoms. The van der Waals surface area contributed by atoms with Crippen LogP contribution in [0.25, 0.3) is 0 Å². The van der Waals surface area contributed by atoms with E-state index in [1.54, 1.807) is 13.0 Å². The van der Waals surface area contributed by atoms with E-state index < -0.39 is 13.5 Å². The number of hydrogen-bond acceptors (Lipinski definition) is 5. The summed E-state index contributed by atoms with van der Waals surface area (Å²) in [5.74, 6) is -0.293. The summed E-state index contributed by atoms with van der Waals surface area (Å²) in [7, 11) is -0.893. The molecule has 0 aliphatic carbocycles. The summed E-state index contributed by atoms with van der Waals surface area (Å²) >= 11 is 4.84. The van der Waals surface area contributed by atoms with Crippen molar-refractivity contribution in [3.8, 4) is 0 Å². The first kappa shape index (κ1) is 21.0. The van der Waals surface area contributed by atoms with Gasteiger partial charge in [0, 0.05) is 6.20 Å². The standard InChI is InChI=1S/C9H8BrF2N3S.C8H8BFO2/c1-5-14-8(10)7(16-5)4-15-3-6(2-13-15)9(11)12;1-5-7-4-6(10)2-3-8(7)9(11)12-5/h2-3,9H,4H2,1H3;2-5,11H,1H3. The van der Waals surface area contributed by atoms with Crippen LogP contribution in [0, 0.1) is 12.7 Å². The van der Waals surface area contributed by atoms with Crippen LogP contribution in [0.3, 0.4) is 0 Å². The number of halogens is 4. The van der Waals surface area contributed by atoms with Gasteiger partial charge in [-0.15, -0.1) is 11.3 Å². The number of alkyl halides is 2. The zero-order valence-corrected chi connectivity index (χ0v) is 17.3. The fraction of sp³-hybridized carbons (Fsp3) is 0.294. The van der Waals surface area contributed by atoms with Gasteiger partial charge in [0.2, 0.25) is 0 Å². The van der Waals surface area contributed by atoms with Gasteiger partial charge in [0.1, 0.15) is 10.4 Å². The number of thiazole rings is 1. The van der Waals surface area contributed by atoms with Crippen LogP contribution in [0.15, 0.2) is 35.2 Å². The molecule has 2 aromatic heterocycles. The molecule has 0 radical (unpaired) electrons. The number of aromatic nitrogens is 3. The van der Waals surface area contributed by atoms with Crippen LogP contribution in [0.1, 0.15) is 40.5 Å². The van der Waals surface area contributed by atoms with Crippen LogP contribution in [0.5, 0.6) is 0 Å². The van der Waals surface area contributed by atoms with Crippen molar-refractivity contribution in [3.63, 3.8) is 0 Å². The summed E-state index contributed by atoms with van der Waals surface area (Å²) in [5.41, 5.74) is 1.35. The van der Waals surface area contributed by atoms with Crippen molar-refractivity contribution in [2.24, 2.45) is 0 Å². The van der Waals surface area contributed by atoms with Crippen LogP contribution in [0.4, 0.5) is 13.2 Å². The summed E-state index contributed by atoms with van der Waals surface area (Å²) in [5, 5.41) is 14.1. The van der Waals surface area contributed by atoms with Gasteiger partial charge in [-0.2, -0.15) is 5.10 Å². The Balaban J connectivity index is 0.000000167. The van der Waals surface area contributed by atoms with Crippen molar-refractivity contribution in [2.75, 3.05) is 0 Å². The van der Waals surface area contributed by atoms with Gasteiger partial charge in [-0.3, -0.25) is 4.68 Å². The van der Waals surface area contributed by atoms with Crippen LogP contribution in [-0.4, -0.2) is 26.9 Å². The zero-order chi connectivity index (χ0) is 20.4. The largest absolute Gasteiger partial charge is 0.491 e. The van der Waals surface area contributed by atoms with Crippen molar-refractivity contribution in [2.45, 2.75) is 32.9 Å². The molecule has 1 aliphatic heterocycles. The third-order valence-corrected chi connectivity index (χ3v) is 5.93. The van der Waals surface area contributed by atoms with E-state index in [1.807, 2.05) is 6.92 Å². The Hall–Kier alpha value is -1.69. The molecule has 28 heavy (non-hydrogen) atoms. The minimum absolute atomic E-state index is 0.0580. The summed E-state index contributed by atoms with van der Waals surface area (Å²) in [6, 6.07) is 4.28. The molecule has 1 aromatic carbocycles. The van der Waals surface area contributed by atoms with Gasteiger partial charge < -0.3 is 9.68 Å². The van der Waals surface area contributed by atoms with E-state index >= 15 is 0 Å². The number of hydrogen-bond donors (Lipinski definition) is 1. The molecule has 3 heterocycles. The van der Waals surface area contributed by atoms with E-state index in [9.17, 15) is 18.2 Å². The summed E-state index contributed by atoms with van der Waals surface area (Å²) < 4.78 is 44.7. The van der Waals surface area contributed by atoms with Gasteiger partial charge >= 0.3 is 7.12 Å². The van der Waals surface area contributed by atoms with Crippen LogP contribution in [0.2, 0.25) is 0 Å². The molecule has 1 atom stereocenters. The van der Waals surface area contributed by atoms with E-state index in [0.717, 1.165) is 20.1 Å². The number of fused-ring (bicyclic) bond motifs is 1. The van der Waals surface area contributed by atoms with Crippen molar-refractivity contribution in [1.82, 2.24) is 14.8 Å². The normalized spacial score (nSPS) is 15.6. The Labute approximate surface area is 172 Å². The Kier molecular flexibility index (Phi) is 6.59. The number of rotatable bonds is 3. The number of benzene rings is 1. The highest BCUT2D eigenvalue weighted by Gasteiger charge is 2.32. The fourth-order valence-electron chi connectivity index (χ4n) is 2.73. The van der Waals surface area contributed by atoms with Gasteiger partial charge in [-0.1, -0.05) is 6.07 Å². The lowest BCUT2D eigenvalue weighted by molar-refractivity contribution is 0.151. The molecule has 148 valence electrons. The molecule has 0 fully saturated rings. The van der Waals surface area contributed by atoms with Gasteiger partial charge in [0.05, 0.1) is 34.3 Å². The molecule has 1 unspecified atom stereocenters. The molecule has 3 aromatic rings. The van der Waals surface area contributed by atoms with Crippen molar-refractivity contribution < 1.29 is 22.8 Å². The van der Waals surface area contributed by atoms with Crippen LogP contribution >= 0.6 is 27.3 Å². The lowest BCUT2D eigenvalue weighted by Gasteiger charge is -2.02. The van der Waals surface area contributed by atoms with E-state index in [0.29, 0.717) is 12.0 Å². The second-order valence-electron chi connectivity index (χ2n) is 6.12. The summed E-state index contributed by atoms with van der Waals surface area (Å²) in [6.07, 6.45) is -0.149. The minimum atomic E-state index is -2.47. The lowest BCUT2D eigenvalue weighted by Crippen LogP contribution is -2.27. The SMILES string of the molecule is CC1OB(O)c2ccc(F)cc21.Cc1nc(Br)c(Cn2cc(C(F)F)cn2)s1. The first-order valence-corrected chi connectivity index (χ1v) is 9.90. The smallest absolute Gasteiger partial charge is 0.423 e. The lowest BCUT2D eigenvalue weighted by atomic mass is 9.79. The molecule has 1 aliphatic rings. The second kappa shape index (κ2) is 8.77. The Morgan fingerprint density at radius 2 is 2.18 bits per heavy atom. The molecule has 4 rings (SSSR count). The molecule has 0 amide bonds. The molecule has 0 saturated heterocycles. The van der Waals surface area contributed by atoms with E-state index in [-0.39, 0.29) is 17.5 Å². The Morgan fingerprint density at radius 3 is 2.79 bits per heavy atom. The van der Waals surface area contributed by atoms with Gasteiger partial charge in [-0.25, -0.2) is 18.2 Å². The molecule has 1 N–H and O–H groups in total. The highest BCUT2D eigenvalue weighted by Crippen LogP contribution is 2.25. The zero-order valence-electron chi connectivity index (χ0n) is 14.9. The average molecular weight is 474 g/mol. The maximum absolute atomic E-state index is 12.7. The van der Waals surface area contributed by atoms with Gasteiger partial charge in [0.25, 0.3) is 6.43 Å². The third kappa shape index (κ3) is 4.83. The summed E-state index contributed by atoms with van der Waals surface area (Å²) in [6.45, 7) is 4.14. The molecule has 11 heteroatoms. The Bertz CT molecular complexity index is 969. The quantitative estimate of drug-likeness (QED) is 0.584. The van der Waals surface area contributed by atoms with Crippen molar-refractivity contribution in [1.29, 1.82) is 0 Å². The highest BCUT2D eigenvalue weighted by atomic mass is 79.9. The van der Waals surface area contributed by atoms with Crippen molar-refractivity contribution >= 4 is 39.8 Å². The predicted molar refractivity (Wildman–Crippen MR) is 104 cm³/mol. The van der Waals surface area contributed by atoms with Crippen molar-refractivity contribution in [3.05, 3.63) is 62.0 Å². The maximum atomic E-state index is 12.7. The molecule has 5 nitrogen and oxygen atoms in total. The molecular formula is C17H16BBrF3N3O2S. The maximum Gasteiger partial charge on any atom is 0.491 e. The third-order valence-electron chi connectivity index (χ3n) is 4.05. The highest BCUT2D eigenvalue weighted by molar-refractivity contribution is 9.10. The average Bonchev–Trinajstić information content (AvgIpc) is 3.28. The number of nitrogens with zero attached hydrogens (tertiary/aromatic N) is 3. The molecule has 0 saturated carbocycles. The first-order chi connectivity index (χ1) is 13.2. The summed E-state index contributed by atoms with van der Waals surface area (Å²) in [4.78, 5) is 5.17. The van der Waals surface area contributed by atoms with Crippen LogP contribution < -0.4 is 5.46 Å².